The fourth-order valence-corrected chi connectivity index (χ4v) is 1.88. The Labute approximate surface area is 112 Å². The number of amides is 2. The Morgan fingerprint density at radius 3 is 2.32 bits per heavy atom. The van der Waals surface area contributed by atoms with E-state index in [0.717, 1.165) is 13.1 Å². The second-order valence-corrected chi connectivity index (χ2v) is 4.46. The molecule has 1 fully saturated rings. The molecule has 1 saturated heterocycles. The van der Waals surface area contributed by atoms with Gasteiger partial charge < -0.3 is 15.0 Å². The smallest absolute Gasteiger partial charge is 0.306 e. The van der Waals surface area contributed by atoms with E-state index in [9.17, 15) is 14.4 Å². The standard InChI is InChI=1S/C12H21N3O4/c1-10(16)13-9-11(17)15-7-5-14(6-8-15)4-3-12(18)19-2/h3-9H2,1-2H3,(H,13,16). The Morgan fingerprint density at radius 1 is 1.16 bits per heavy atom. The lowest BCUT2D eigenvalue weighted by Gasteiger charge is -2.34. The van der Waals surface area contributed by atoms with E-state index < -0.39 is 0 Å². The van der Waals surface area contributed by atoms with Crippen molar-refractivity contribution in [3.63, 3.8) is 0 Å². The van der Waals surface area contributed by atoms with Gasteiger partial charge in [-0.3, -0.25) is 19.3 Å². The summed E-state index contributed by atoms with van der Waals surface area (Å²) >= 11 is 0. The van der Waals surface area contributed by atoms with E-state index in [0.29, 0.717) is 26.1 Å². The maximum absolute atomic E-state index is 11.7. The van der Waals surface area contributed by atoms with Crippen molar-refractivity contribution < 1.29 is 19.1 Å². The van der Waals surface area contributed by atoms with Crippen LogP contribution in [0.2, 0.25) is 0 Å². The maximum atomic E-state index is 11.7. The van der Waals surface area contributed by atoms with E-state index >= 15 is 0 Å². The fraction of sp³-hybridized carbons (Fsp3) is 0.750. The largest absolute Gasteiger partial charge is 0.469 e. The summed E-state index contributed by atoms with van der Waals surface area (Å²) in [7, 11) is 1.38. The SMILES string of the molecule is COC(=O)CCN1CCN(C(=O)CNC(C)=O)CC1. The number of rotatable bonds is 5. The fourth-order valence-electron chi connectivity index (χ4n) is 1.88. The first-order valence-electron chi connectivity index (χ1n) is 6.34. The molecule has 0 spiro atoms. The monoisotopic (exact) mass is 271 g/mol. The summed E-state index contributed by atoms with van der Waals surface area (Å²) in [6, 6.07) is 0. The van der Waals surface area contributed by atoms with E-state index in [2.05, 4.69) is 15.0 Å². The van der Waals surface area contributed by atoms with Gasteiger partial charge in [-0.25, -0.2) is 0 Å². The lowest BCUT2D eigenvalue weighted by Crippen LogP contribution is -2.51. The van der Waals surface area contributed by atoms with Gasteiger partial charge in [0.15, 0.2) is 0 Å². The van der Waals surface area contributed by atoms with Crippen molar-refractivity contribution >= 4 is 17.8 Å². The van der Waals surface area contributed by atoms with Crippen molar-refractivity contribution in [1.29, 1.82) is 0 Å². The summed E-state index contributed by atoms with van der Waals surface area (Å²) in [6.07, 6.45) is 0.371. The molecule has 108 valence electrons. The molecular weight excluding hydrogens is 250 g/mol. The highest BCUT2D eigenvalue weighted by atomic mass is 16.5. The summed E-state index contributed by atoms with van der Waals surface area (Å²) in [5, 5.41) is 2.50. The summed E-state index contributed by atoms with van der Waals surface area (Å²) in [4.78, 5) is 37.3. The second-order valence-electron chi connectivity index (χ2n) is 4.46. The minimum Gasteiger partial charge on any atom is -0.469 e. The molecule has 0 bridgehead atoms. The lowest BCUT2D eigenvalue weighted by atomic mass is 10.3. The van der Waals surface area contributed by atoms with Crippen LogP contribution >= 0.6 is 0 Å². The molecule has 7 heteroatoms. The number of piperazine rings is 1. The van der Waals surface area contributed by atoms with Gasteiger partial charge in [0.05, 0.1) is 20.1 Å². The van der Waals surface area contributed by atoms with E-state index in [4.69, 9.17) is 0 Å². The first-order chi connectivity index (χ1) is 9.02. The van der Waals surface area contributed by atoms with Crippen LogP contribution in [-0.2, 0) is 19.1 Å². The number of nitrogens with one attached hydrogen (secondary N) is 1. The third-order valence-corrected chi connectivity index (χ3v) is 3.07. The minimum absolute atomic E-state index is 0.0531. The van der Waals surface area contributed by atoms with E-state index in [-0.39, 0.29) is 24.3 Å². The van der Waals surface area contributed by atoms with Crippen LogP contribution in [0.1, 0.15) is 13.3 Å². The summed E-state index contributed by atoms with van der Waals surface area (Å²) in [5.41, 5.74) is 0. The number of hydrogen-bond acceptors (Lipinski definition) is 5. The van der Waals surface area contributed by atoms with Crippen LogP contribution in [-0.4, -0.2) is 74.0 Å². The Bertz CT molecular complexity index is 338. The first-order valence-corrected chi connectivity index (χ1v) is 6.34. The van der Waals surface area contributed by atoms with Crippen LogP contribution in [0.4, 0.5) is 0 Å². The molecule has 0 aromatic carbocycles. The molecule has 19 heavy (non-hydrogen) atoms. The molecule has 0 aromatic heterocycles. The van der Waals surface area contributed by atoms with E-state index in [1.54, 1.807) is 4.90 Å². The van der Waals surface area contributed by atoms with Crippen LogP contribution in [0.25, 0.3) is 0 Å². The molecule has 1 N–H and O–H groups in total. The first kappa shape index (κ1) is 15.4. The van der Waals surface area contributed by atoms with E-state index in [1.807, 2.05) is 0 Å². The zero-order valence-corrected chi connectivity index (χ0v) is 11.5. The topological polar surface area (TPSA) is 79.0 Å². The molecular formula is C12H21N3O4. The molecule has 0 atom stereocenters. The average molecular weight is 271 g/mol. The van der Waals surface area contributed by atoms with Gasteiger partial charge in [-0.2, -0.15) is 0 Å². The van der Waals surface area contributed by atoms with Gasteiger partial charge in [0.25, 0.3) is 0 Å². The molecule has 2 amide bonds. The van der Waals surface area contributed by atoms with Gasteiger partial charge in [-0.1, -0.05) is 0 Å². The Kier molecular flexibility index (Phi) is 6.27. The van der Waals surface area contributed by atoms with Gasteiger partial charge in [-0.15, -0.1) is 0 Å². The highest BCUT2D eigenvalue weighted by Gasteiger charge is 2.21. The second kappa shape index (κ2) is 7.73. The van der Waals surface area contributed by atoms with Crippen molar-refractivity contribution in [2.45, 2.75) is 13.3 Å². The number of carbonyl (C=O) groups is 3. The predicted molar refractivity (Wildman–Crippen MR) is 68.3 cm³/mol. The molecule has 1 rings (SSSR count). The predicted octanol–water partition coefficient (Wildman–Crippen LogP) is -1.17. The molecule has 0 aromatic rings. The zero-order chi connectivity index (χ0) is 14.3. The molecule has 0 aliphatic carbocycles. The van der Waals surface area contributed by atoms with Crippen molar-refractivity contribution in [3.8, 4) is 0 Å². The Morgan fingerprint density at radius 2 is 1.79 bits per heavy atom. The molecule has 1 aliphatic rings. The van der Waals surface area contributed by atoms with Gasteiger partial charge in [0, 0.05) is 39.6 Å². The van der Waals surface area contributed by atoms with Crippen molar-refractivity contribution in [1.82, 2.24) is 15.1 Å². The van der Waals surface area contributed by atoms with Gasteiger partial charge in [0.1, 0.15) is 0 Å². The number of esters is 1. The highest BCUT2D eigenvalue weighted by Crippen LogP contribution is 2.03. The average Bonchev–Trinajstić information content (AvgIpc) is 2.42. The van der Waals surface area contributed by atoms with Crippen LogP contribution in [0, 0.1) is 0 Å². The minimum atomic E-state index is -0.218. The number of methoxy groups -OCH3 is 1. The molecule has 0 radical (unpaired) electrons. The van der Waals surface area contributed by atoms with E-state index in [1.165, 1.54) is 14.0 Å². The molecule has 1 aliphatic heterocycles. The number of carbonyl (C=O) groups excluding carboxylic acids is 3. The third-order valence-electron chi connectivity index (χ3n) is 3.07. The number of ether oxygens (including phenoxy) is 1. The van der Waals surface area contributed by atoms with Crippen molar-refractivity contribution in [2.24, 2.45) is 0 Å². The third kappa shape index (κ3) is 5.69. The molecule has 1 heterocycles. The quantitative estimate of drug-likeness (QED) is 0.637. The van der Waals surface area contributed by atoms with Crippen LogP contribution < -0.4 is 5.32 Å². The lowest BCUT2D eigenvalue weighted by molar-refractivity contribution is -0.141. The van der Waals surface area contributed by atoms with Gasteiger partial charge in [-0.05, 0) is 0 Å². The maximum Gasteiger partial charge on any atom is 0.306 e. The number of hydrogen-bond donors (Lipinski definition) is 1. The Hall–Kier alpha value is -1.63. The normalized spacial score (nSPS) is 16.0. The van der Waals surface area contributed by atoms with Crippen molar-refractivity contribution in [3.05, 3.63) is 0 Å². The highest BCUT2D eigenvalue weighted by molar-refractivity contribution is 5.83. The zero-order valence-electron chi connectivity index (χ0n) is 11.5. The summed E-state index contributed by atoms with van der Waals surface area (Å²) in [6.45, 7) is 4.82. The van der Waals surface area contributed by atoms with Crippen LogP contribution in [0.15, 0.2) is 0 Å². The molecule has 0 unspecified atom stereocenters. The van der Waals surface area contributed by atoms with Gasteiger partial charge in [0.2, 0.25) is 11.8 Å². The van der Waals surface area contributed by atoms with Crippen LogP contribution in [0.5, 0.6) is 0 Å². The summed E-state index contributed by atoms with van der Waals surface area (Å²) < 4.78 is 4.58. The molecule has 7 nitrogen and oxygen atoms in total. The van der Waals surface area contributed by atoms with Gasteiger partial charge >= 0.3 is 5.97 Å². The number of nitrogens with zero attached hydrogens (tertiary/aromatic N) is 2. The van der Waals surface area contributed by atoms with Crippen LogP contribution in [0.3, 0.4) is 0 Å². The molecule has 0 saturated carbocycles. The Balaban J connectivity index is 2.22. The summed E-state index contributed by atoms with van der Waals surface area (Å²) in [5.74, 6) is -0.489. The van der Waals surface area contributed by atoms with Crippen molar-refractivity contribution in [2.75, 3.05) is 46.4 Å².